The molecular weight excluding hydrogens is 220 g/mol. The van der Waals surface area contributed by atoms with Crippen molar-refractivity contribution in [1.29, 1.82) is 0 Å². The van der Waals surface area contributed by atoms with E-state index in [-0.39, 0.29) is 5.56 Å². The Bertz CT molecular complexity index is 525. The van der Waals surface area contributed by atoms with E-state index in [2.05, 4.69) is 4.99 Å². The van der Waals surface area contributed by atoms with Crippen molar-refractivity contribution in [3.05, 3.63) is 29.3 Å². The Labute approximate surface area is 88.2 Å². The summed E-state index contributed by atoms with van der Waals surface area (Å²) in [6, 6.07) is 1.80. The number of nitrogens with zero attached hydrogens (tertiary/aromatic N) is 1. The zero-order chi connectivity index (χ0) is 11.9. The molecule has 1 aliphatic heterocycles. The van der Waals surface area contributed by atoms with Crippen LogP contribution in [0.25, 0.3) is 0 Å². The van der Waals surface area contributed by atoms with Crippen LogP contribution in [0.2, 0.25) is 0 Å². The van der Waals surface area contributed by atoms with Gasteiger partial charge in [0.25, 0.3) is 0 Å². The second kappa shape index (κ2) is 3.48. The third-order valence-electron chi connectivity index (χ3n) is 2.24. The minimum Gasteiger partial charge on any atom is -0.480 e. The number of ketones is 1. The summed E-state index contributed by atoms with van der Waals surface area (Å²) in [5.41, 5.74) is -0.656. The Hall–Kier alpha value is -2.11. The highest BCUT2D eigenvalue weighted by Gasteiger charge is 2.32. The molecule has 0 aliphatic carbocycles. The van der Waals surface area contributed by atoms with Crippen molar-refractivity contribution in [2.45, 2.75) is 0 Å². The molecule has 0 fully saturated rings. The highest BCUT2D eigenvalue weighted by atomic mass is 19.2. The molecule has 2 rings (SSSR count). The van der Waals surface area contributed by atoms with Crippen LogP contribution in [0.4, 0.5) is 14.5 Å². The molecule has 16 heavy (non-hydrogen) atoms. The molecule has 6 heteroatoms. The molecule has 1 aromatic carbocycles. The summed E-state index contributed by atoms with van der Waals surface area (Å²) in [6.07, 6.45) is 0.801. The third-order valence-corrected chi connectivity index (χ3v) is 2.24. The minimum absolute atomic E-state index is 0.214. The average molecular weight is 225 g/mol. The number of halogens is 2. The van der Waals surface area contributed by atoms with Crippen molar-refractivity contribution < 1.29 is 23.5 Å². The van der Waals surface area contributed by atoms with E-state index in [4.69, 9.17) is 5.11 Å². The van der Waals surface area contributed by atoms with Crippen LogP contribution in [-0.4, -0.2) is 23.1 Å². The first-order valence-electron chi connectivity index (χ1n) is 4.31. The van der Waals surface area contributed by atoms with Gasteiger partial charge in [0.2, 0.25) is 0 Å². The molecule has 0 saturated heterocycles. The standard InChI is InChI=1S/C10H5F2NO3/c11-6-2-1-4-8(7(6)12)13-3-5(9(4)14)10(15)16/h1-3,5H,(H,15,16). The zero-order valence-electron chi connectivity index (χ0n) is 7.78. The average Bonchev–Trinajstić information content (AvgIpc) is 2.23. The van der Waals surface area contributed by atoms with Crippen LogP contribution in [0.15, 0.2) is 17.1 Å². The summed E-state index contributed by atoms with van der Waals surface area (Å²) >= 11 is 0. The molecule has 82 valence electrons. The fourth-order valence-corrected chi connectivity index (χ4v) is 1.43. The van der Waals surface area contributed by atoms with Gasteiger partial charge in [0, 0.05) is 11.8 Å². The molecule has 0 saturated carbocycles. The van der Waals surface area contributed by atoms with Gasteiger partial charge in [0.1, 0.15) is 5.69 Å². The quantitative estimate of drug-likeness (QED) is 0.737. The molecule has 1 aromatic rings. The maximum atomic E-state index is 13.2. The number of hydrogen-bond acceptors (Lipinski definition) is 3. The summed E-state index contributed by atoms with van der Waals surface area (Å²) in [7, 11) is 0. The molecule has 1 atom stereocenters. The fourth-order valence-electron chi connectivity index (χ4n) is 1.43. The molecule has 1 unspecified atom stereocenters. The zero-order valence-corrected chi connectivity index (χ0v) is 7.78. The lowest BCUT2D eigenvalue weighted by atomic mass is 9.94. The van der Waals surface area contributed by atoms with Gasteiger partial charge in [-0.15, -0.1) is 0 Å². The Morgan fingerprint density at radius 1 is 1.38 bits per heavy atom. The Kier molecular flexibility index (Phi) is 2.26. The number of carbonyl (C=O) groups is 2. The summed E-state index contributed by atoms with van der Waals surface area (Å²) in [5, 5.41) is 8.68. The van der Waals surface area contributed by atoms with E-state index in [0.717, 1.165) is 18.3 Å². The van der Waals surface area contributed by atoms with Gasteiger partial charge in [-0.2, -0.15) is 0 Å². The van der Waals surface area contributed by atoms with Gasteiger partial charge in [-0.25, -0.2) is 8.78 Å². The topological polar surface area (TPSA) is 66.7 Å². The maximum Gasteiger partial charge on any atom is 0.319 e. The van der Waals surface area contributed by atoms with Crippen LogP contribution in [-0.2, 0) is 4.79 Å². The van der Waals surface area contributed by atoms with Gasteiger partial charge in [0.15, 0.2) is 23.3 Å². The molecule has 4 nitrogen and oxygen atoms in total. The van der Waals surface area contributed by atoms with E-state index < -0.39 is 35.0 Å². The highest BCUT2D eigenvalue weighted by molar-refractivity contribution is 6.22. The first kappa shape index (κ1) is 10.4. The summed E-state index contributed by atoms with van der Waals surface area (Å²) < 4.78 is 26.0. The summed E-state index contributed by atoms with van der Waals surface area (Å²) in [5.74, 6) is -5.97. The van der Waals surface area contributed by atoms with E-state index in [1.165, 1.54) is 0 Å². The van der Waals surface area contributed by atoms with Crippen molar-refractivity contribution in [2.75, 3.05) is 0 Å². The Balaban J connectivity index is 2.59. The highest BCUT2D eigenvalue weighted by Crippen LogP contribution is 2.30. The molecule has 0 radical (unpaired) electrons. The molecule has 1 N–H and O–H groups in total. The van der Waals surface area contributed by atoms with Crippen LogP contribution in [0.3, 0.4) is 0 Å². The number of hydrogen-bond donors (Lipinski definition) is 1. The van der Waals surface area contributed by atoms with Crippen molar-refractivity contribution in [1.82, 2.24) is 0 Å². The molecular formula is C10H5F2NO3. The maximum absolute atomic E-state index is 13.2. The first-order valence-corrected chi connectivity index (χ1v) is 4.31. The summed E-state index contributed by atoms with van der Waals surface area (Å²) in [4.78, 5) is 25.7. The molecule has 0 amide bonds. The Morgan fingerprint density at radius 3 is 2.69 bits per heavy atom. The van der Waals surface area contributed by atoms with E-state index in [9.17, 15) is 18.4 Å². The number of benzene rings is 1. The largest absolute Gasteiger partial charge is 0.480 e. The predicted molar refractivity (Wildman–Crippen MR) is 50.0 cm³/mol. The number of carboxylic acids is 1. The van der Waals surface area contributed by atoms with Crippen LogP contribution >= 0.6 is 0 Å². The Morgan fingerprint density at radius 2 is 2.06 bits per heavy atom. The number of aliphatic carboxylic acids is 1. The number of carboxylic acid groups (broad SMARTS) is 1. The van der Waals surface area contributed by atoms with Crippen LogP contribution < -0.4 is 0 Å². The second-order valence-electron chi connectivity index (χ2n) is 3.22. The number of fused-ring (bicyclic) bond motifs is 1. The van der Waals surface area contributed by atoms with Gasteiger partial charge >= 0.3 is 5.97 Å². The van der Waals surface area contributed by atoms with Crippen LogP contribution in [0, 0.1) is 17.6 Å². The minimum atomic E-state index is -1.43. The van der Waals surface area contributed by atoms with Crippen molar-refractivity contribution >= 4 is 23.7 Å². The van der Waals surface area contributed by atoms with E-state index in [1.807, 2.05) is 0 Å². The lowest BCUT2D eigenvalue weighted by Crippen LogP contribution is -2.27. The molecule has 0 spiro atoms. The lowest BCUT2D eigenvalue weighted by molar-refractivity contribution is -0.137. The van der Waals surface area contributed by atoms with Crippen LogP contribution in [0.5, 0.6) is 0 Å². The third kappa shape index (κ3) is 1.39. The lowest BCUT2D eigenvalue weighted by Gasteiger charge is -2.14. The van der Waals surface area contributed by atoms with Crippen LogP contribution in [0.1, 0.15) is 10.4 Å². The molecule has 0 aromatic heterocycles. The van der Waals surface area contributed by atoms with Gasteiger partial charge in [0.05, 0.1) is 0 Å². The number of aliphatic imine (C=N–C) groups is 1. The van der Waals surface area contributed by atoms with E-state index in [1.54, 1.807) is 0 Å². The van der Waals surface area contributed by atoms with E-state index in [0.29, 0.717) is 0 Å². The van der Waals surface area contributed by atoms with Crippen molar-refractivity contribution in [2.24, 2.45) is 10.9 Å². The van der Waals surface area contributed by atoms with Crippen molar-refractivity contribution in [3.63, 3.8) is 0 Å². The first-order chi connectivity index (χ1) is 7.52. The second-order valence-corrected chi connectivity index (χ2v) is 3.22. The molecule has 1 aliphatic rings. The van der Waals surface area contributed by atoms with E-state index >= 15 is 0 Å². The van der Waals surface area contributed by atoms with Gasteiger partial charge in [-0.05, 0) is 12.1 Å². The molecule has 1 heterocycles. The van der Waals surface area contributed by atoms with Gasteiger partial charge < -0.3 is 5.11 Å². The number of carbonyl (C=O) groups excluding carboxylic acids is 1. The SMILES string of the molecule is O=C(O)C1C=Nc2c(ccc(F)c2F)C1=O. The number of Topliss-reactive ketones (excluding diaryl/α,β-unsaturated/α-hetero) is 1. The van der Waals surface area contributed by atoms with Gasteiger partial charge in [-0.3, -0.25) is 14.6 Å². The smallest absolute Gasteiger partial charge is 0.319 e. The number of rotatable bonds is 1. The fraction of sp³-hybridized carbons (Fsp3) is 0.100. The summed E-state index contributed by atoms with van der Waals surface area (Å²) in [6.45, 7) is 0. The molecule has 0 bridgehead atoms. The van der Waals surface area contributed by atoms with Gasteiger partial charge in [-0.1, -0.05) is 0 Å². The normalized spacial score (nSPS) is 18.4. The predicted octanol–water partition coefficient (Wildman–Crippen LogP) is 1.56. The monoisotopic (exact) mass is 225 g/mol. The van der Waals surface area contributed by atoms with Crippen molar-refractivity contribution in [3.8, 4) is 0 Å².